The zero-order valence-corrected chi connectivity index (χ0v) is 13.8. The van der Waals surface area contributed by atoms with Crippen LogP contribution in [0.25, 0.3) is 21.5 Å². The van der Waals surface area contributed by atoms with Crippen molar-refractivity contribution in [3.05, 3.63) is 65.9 Å². The maximum Gasteiger partial charge on any atom is 0.226 e. The van der Waals surface area contributed by atoms with Gasteiger partial charge in [-0.05, 0) is 35.7 Å². The third kappa shape index (κ3) is 2.86. The summed E-state index contributed by atoms with van der Waals surface area (Å²) in [5, 5.41) is 3.09. The molecule has 4 nitrogen and oxygen atoms in total. The molecule has 4 rings (SSSR count). The molecule has 120 valence electrons. The van der Waals surface area contributed by atoms with Crippen LogP contribution in [0.3, 0.4) is 0 Å². The van der Waals surface area contributed by atoms with Crippen molar-refractivity contribution in [1.82, 2.24) is 4.98 Å². The highest BCUT2D eigenvalue weighted by Gasteiger charge is 2.09. The maximum atomic E-state index is 5.98. The molecule has 0 spiro atoms. The van der Waals surface area contributed by atoms with Gasteiger partial charge in [0.05, 0.1) is 17.0 Å². The minimum absolute atomic E-state index is 0.537. The fraction of sp³-hybridized carbons (Fsp3) is 0.105. The second-order valence-corrected chi connectivity index (χ2v) is 6.34. The molecular weight excluding hydrogens is 320 g/mol. The summed E-state index contributed by atoms with van der Waals surface area (Å²) in [6.07, 6.45) is 2.38. The Hall–Kier alpha value is -2.79. The van der Waals surface area contributed by atoms with E-state index in [4.69, 9.17) is 14.9 Å². The molecule has 0 saturated heterocycles. The van der Waals surface area contributed by atoms with E-state index < -0.39 is 0 Å². The Morgan fingerprint density at radius 1 is 1.08 bits per heavy atom. The topological polar surface area (TPSA) is 61.3 Å². The Labute approximate surface area is 143 Å². The molecule has 0 aliphatic carbocycles. The molecule has 4 aromatic rings. The van der Waals surface area contributed by atoms with Gasteiger partial charge in [0.15, 0.2) is 0 Å². The van der Waals surface area contributed by atoms with E-state index >= 15 is 0 Å². The molecule has 0 atom stereocenters. The van der Waals surface area contributed by atoms with Gasteiger partial charge in [0.1, 0.15) is 12.0 Å². The number of nitrogen functional groups attached to an aromatic ring is 1. The zero-order valence-electron chi connectivity index (χ0n) is 12.9. The average molecular weight is 336 g/mol. The largest absolute Gasteiger partial charge is 0.493 e. The lowest BCUT2D eigenvalue weighted by Crippen LogP contribution is -2.02. The highest BCUT2D eigenvalue weighted by molar-refractivity contribution is 7.17. The number of nitrogens with zero attached hydrogens (tertiary/aromatic N) is 1. The van der Waals surface area contributed by atoms with E-state index in [0.717, 1.165) is 32.8 Å². The van der Waals surface area contributed by atoms with Gasteiger partial charge in [0.2, 0.25) is 5.89 Å². The number of oxazole rings is 1. The van der Waals surface area contributed by atoms with E-state index in [1.807, 2.05) is 53.9 Å². The number of aromatic nitrogens is 1. The summed E-state index contributed by atoms with van der Waals surface area (Å²) >= 11 is 1.63. The quantitative estimate of drug-likeness (QED) is 0.534. The van der Waals surface area contributed by atoms with E-state index in [9.17, 15) is 0 Å². The minimum atomic E-state index is 0.537. The highest BCUT2D eigenvalue weighted by atomic mass is 32.1. The van der Waals surface area contributed by atoms with Crippen molar-refractivity contribution in [2.75, 3.05) is 12.3 Å². The number of hydrogen-bond acceptors (Lipinski definition) is 5. The van der Waals surface area contributed by atoms with E-state index in [2.05, 4.69) is 4.98 Å². The lowest BCUT2D eigenvalue weighted by Gasteiger charge is -2.07. The SMILES string of the molecule is Nc1ccc(OCCc2coc(-c3ccccc3)n2)c2ccsc12. The molecule has 0 aliphatic heterocycles. The third-order valence-corrected chi connectivity index (χ3v) is 4.76. The van der Waals surface area contributed by atoms with Crippen LogP contribution in [0.4, 0.5) is 5.69 Å². The summed E-state index contributed by atoms with van der Waals surface area (Å²) in [5.41, 5.74) is 8.62. The summed E-state index contributed by atoms with van der Waals surface area (Å²) in [7, 11) is 0. The van der Waals surface area contributed by atoms with Crippen molar-refractivity contribution in [1.29, 1.82) is 0 Å². The molecule has 0 amide bonds. The van der Waals surface area contributed by atoms with Gasteiger partial charge in [-0.2, -0.15) is 0 Å². The van der Waals surface area contributed by atoms with Crippen molar-refractivity contribution in [3.8, 4) is 17.2 Å². The molecule has 0 fully saturated rings. The first-order valence-electron chi connectivity index (χ1n) is 7.69. The Kier molecular flexibility index (Phi) is 3.92. The second kappa shape index (κ2) is 6.37. The van der Waals surface area contributed by atoms with Crippen molar-refractivity contribution >= 4 is 27.1 Å². The fourth-order valence-electron chi connectivity index (χ4n) is 2.58. The number of rotatable bonds is 5. The van der Waals surface area contributed by atoms with Crippen LogP contribution in [-0.4, -0.2) is 11.6 Å². The van der Waals surface area contributed by atoms with Gasteiger partial charge in [0.25, 0.3) is 0 Å². The minimum Gasteiger partial charge on any atom is -0.493 e. The lowest BCUT2D eigenvalue weighted by atomic mass is 10.2. The summed E-state index contributed by atoms with van der Waals surface area (Å²) in [5.74, 6) is 1.49. The molecule has 0 radical (unpaired) electrons. The molecule has 0 bridgehead atoms. The van der Waals surface area contributed by atoms with Gasteiger partial charge >= 0.3 is 0 Å². The Bertz CT molecular complexity index is 960. The van der Waals surface area contributed by atoms with E-state index in [0.29, 0.717) is 18.9 Å². The molecule has 2 aromatic carbocycles. The van der Waals surface area contributed by atoms with Crippen LogP contribution in [0.2, 0.25) is 0 Å². The number of hydrogen-bond donors (Lipinski definition) is 1. The molecule has 24 heavy (non-hydrogen) atoms. The van der Waals surface area contributed by atoms with Gasteiger partial charge < -0.3 is 14.9 Å². The number of anilines is 1. The highest BCUT2D eigenvalue weighted by Crippen LogP contribution is 2.34. The number of thiophene rings is 1. The molecular formula is C19H16N2O2S. The normalized spacial score (nSPS) is 11.0. The van der Waals surface area contributed by atoms with Crippen molar-refractivity contribution < 1.29 is 9.15 Å². The Morgan fingerprint density at radius 3 is 2.83 bits per heavy atom. The fourth-order valence-corrected chi connectivity index (χ4v) is 3.42. The Balaban J connectivity index is 1.43. The predicted molar refractivity (Wildman–Crippen MR) is 97.4 cm³/mol. The Morgan fingerprint density at radius 2 is 1.96 bits per heavy atom. The average Bonchev–Trinajstić information content (AvgIpc) is 3.28. The third-order valence-electron chi connectivity index (χ3n) is 3.80. The summed E-state index contributed by atoms with van der Waals surface area (Å²) < 4.78 is 12.5. The zero-order chi connectivity index (χ0) is 16.4. The van der Waals surface area contributed by atoms with Gasteiger partial charge in [-0.25, -0.2) is 4.98 Å². The van der Waals surface area contributed by atoms with E-state index in [-0.39, 0.29) is 0 Å². The summed E-state index contributed by atoms with van der Waals surface area (Å²) in [6.45, 7) is 0.537. The number of benzene rings is 2. The van der Waals surface area contributed by atoms with Crippen LogP contribution >= 0.6 is 11.3 Å². The van der Waals surface area contributed by atoms with Gasteiger partial charge in [-0.15, -0.1) is 11.3 Å². The van der Waals surface area contributed by atoms with Crippen LogP contribution in [0, 0.1) is 0 Å². The molecule has 0 saturated carbocycles. The monoisotopic (exact) mass is 336 g/mol. The lowest BCUT2D eigenvalue weighted by molar-refractivity contribution is 0.324. The first-order chi connectivity index (χ1) is 11.8. The van der Waals surface area contributed by atoms with Gasteiger partial charge in [-0.3, -0.25) is 0 Å². The van der Waals surface area contributed by atoms with Crippen molar-refractivity contribution in [2.24, 2.45) is 0 Å². The second-order valence-electron chi connectivity index (χ2n) is 5.42. The molecule has 0 unspecified atom stereocenters. The number of fused-ring (bicyclic) bond motifs is 1. The molecule has 5 heteroatoms. The van der Waals surface area contributed by atoms with Crippen molar-refractivity contribution in [3.63, 3.8) is 0 Å². The first kappa shape index (κ1) is 14.8. The van der Waals surface area contributed by atoms with Crippen LogP contribution in [-0.2, 0) is 6.42 Å². The van der Waals surface area contributed by atoms with Crippen LogP contribution in [0.15, 0.2) is 64.6 Å². The first-order valence-corrected chi connectivity index (χ1v) is 8.57. The number of ether oxygens (including phenoxy) is 1. The molecule has 0 aliphatic rings. The number of nitrogens with two attached hydrogens (primary N) is 1. The van der Waals surface area contributed by atoms with E-state index in [1.165, 1.54) is 0 Å². The van der Waals surface area contributed by atoms with Crippen LogP contribution in [0.1, 0.15) is 5.69 Å². The molecule has 2 aromatic heterocycles. The summed E-state index contributed by atoms with van der Waals surface area (Å²) in [6, 6.07) is 15.7. The van der Waals surface area contributed by atoms with Crippen molar-refractivity contribution in [2.45, 2.75) is 6.42 Å². The van der Waals surface area contributed by atoms with E-state index in [1.54, 1.807) is 17.6 Å². The molecule has 2 heterocycles. The summed E-state index contributed by atoms with van der Waals surface area (Å²) in [4.78, 5) is 4.51. The predicted octanol–water partition coefficient (Wildman–Crippen LogP) is 4.76. The maximum absolute atomic E-state index is 5.98. The van der Waals surface area contributed by atoms with Gasteiger partial charge in [0, 0.05) is 23.1 Å². The van der Waals surface area contributed by atoms with Crippen LogP contribution in [0.5, 0.6) is 5.75 Å². The van der Waals surface area contributed by atoms with Gasteiger partial charge in [-0.1, -0.05) is 18.2 Å². The standard InChI is InChI=1S/C19H16N2O2S/c20-16-6-7-17(15-9-11-24-18(15)16)22-10-8-14-12-23-19(21-14)13-4-2-1-3-5-13/h1-7,9,11-12H,8,10,20H2. The smallest absolute Gasteiger partial charge is 0.226 e. The molecule has 2 N–H and O–H groups in total. The van der Waals surface area contributed by atoms with Crippen LogP contribution < -0.4 is 10.5 Å².